The Kier molecular flexibility index (Phi) is 2.93. The van der Waals surface area contributed by atoms with E-state index in [1.54, 1.807) is 25.2 Å². The Balaban J connectivity index is 2.12. The van der Waals surface area contributed by atoms with Crippen LogP contribution in [0.2, 0.25) is 0 Å². The van der Waals surface area contributed by atoms with Crippen molar-refractivity contribution in [2.75, 3.05) is 19.2 Å². The van der Waals surface area contributed by atoms with E-state index in [0.29, 0.717) is 17.2 Å². The molecule has 17 heavy (non-hydrogen) atoms. The van der Waals surface area contributed by atoms with Crippen LogP contribution in [0.25, 0.3) is 0 Å². The van der Waals surface area contributed by atoms with E-state index in [-0.39, 0.29) is 12.7 Å². The highest BCUT2D eigenvalue weighted by Crippen LogP contribution is 2.34. The van der Waals surface area contributed by atoms with Crippen LogP contribution in [-0.4, -0.2) is 25.3 Å². The molecule has 1 heterocycles. The molecule has 92 valence electrons. The van der Waals surface area contributed by atoms with Gasteiger partial charge >= 0.3 is 0 Å². The van der Waals surface area contributed by atoms with Gasteiger partial charge in [-0.1, -0.05) is 0 Å². The summed E-state index contributed by atoms with van der Waals surface area (Å²) in [6.45, 7) is 3.86. The molecule has 1 amide bonds. The van der Waals surface area contributed by atoms with Gasteiger partial charge in [-0.3, -0.25) is 4.79 Å². The first-order valence-electron chi connectivity index (χ1n) is 5.43. The van der Waals surface area contributed by atoms with Crippen molar-refractivity contribution in [3.63, 3.8) is 0 Å². The standard InChI is InChI=1S/C12H16N2O3/c1-12(2,13-3)11(15)14-8-4-5-9-10(6-8)17-7-16-9/h4-6,13H,7H2,1-3H3,(H,14,15). The van der Waals surface area contributed by atoms with Crippen molar-refractivity contribution in [2.45, 2.75) is 19.4 Å². The summed E-state index contributed by atoms with van der Waals surface area (Å²) in [5.41, 5.74) is 0.0821. The highest BCUT2D eigenvalue weighted by atomic mass is 16.7. The summed E-state index contributed by atoms with van der Waals surface area (Å²) in [4.78, 5) is 11.9. The molecular formula is C12H16N2O3. The van der Waals surface area contributed by atoms with Crippen molar-refractivity contribution in [3.05, 3.63) is 18.2 Å². The lowest BCUT2D eigenvalue weighted by atomic mass is 10.1. The number of fused-ring (bicyclic) bond motifs is 1. The Hall–Kier alpha value is -1.75. The molecule has 0 radical (unpaired) electrons. The van der Waals surface area contributed by atoms with E-state index in [0.717, 1.165) is 0 Å². The van der Waals surface area contributed by atoms with Crippen LogP contribution in [-0.2, 0) is 4.79 Å². The third-order valence-corrected chi connectivity index (χ3v) is 2.82. The van der Waals surface area contributed by atoms with Gasteiger partial charge in [-0.2, -0.15) is 0 Å². The van der Waals surface area contributed by atoms with E-state index in [9.17, 15) is 4.79 Å². The monoisotopic (exact) mass is 236 g/mol. The molecule has 0 spiro atoms. The van der Waals surface area contributed by atoms with Crippen molar-refractivity contribution >= 4 is 11.6 Å². The quantitative estimate of drug-likeness (QED) is 0.831. The van der Waals surface area contributed by atoms with Crippen molar-refractivity contribution in [3.8, 4) is 11.5 Å². The van der Waals surface area contributed by atoms with Gasteiger partial charge in [-0.05, 0) is 33.0 Å². The molecule has 1 aliphatic heterocycles. The molecule has 5 nitrogen and oxygen atoms in total. The van der Waals surface area contributed by atoms with Crippen molar-refractivity contribution in [1.82, 2.24) is 5.32 Å². The number of carbonyl (C=O) groups excluding carboxylic acids is 1. The van der Waals surface area contributed by atoms with Crippen LogP contribution >= 0.6 is 0 Å². The minimum Gasteiger partial charge on any atom is -0.454 e. The van der Waals surface area contributed by atoms with Crippen LogP contribution in [0, 0.1) is 0 Å². The Morgan fingerprint density at radius 3 is 2.71 bits per heavy atom. The van der Waals surface area contributed by atoms with Crippen LogP contribution in [0.4, 0.5) is 5.69 Å². The summed E-state index contributed by atoms with van der Waals surface area (Å²) in [5.74, 6) is 1.26. The lowest BCUT2D eigenvalue weighted by molar-refractivity contribution is -0.121. The fourth-order valence-electron chi connectivity index (χ4n) is 1.38. The second-order valence-electron chi connectivity index (χ2n) is 4.40. The van der Waals surface area contributed by atoms with E-state index < -0.39 is 5.54 Å². The number of carbonyl (C=O) groups is 1. The number of benzene rings is 1. The first-order valence-corrected chi connectivity index (χ1v) is 5.43. The highest BCUT2D eigenvalue weighted by Gasteiger charge is 2.25. The number of hydrogen-bond acceptors (Lipinski definition) is 4. The van der Waals surface area contributed by atoms with Crippen molar-refractivity contribution < 1.29 is 14.3 Å². The predicted molar refractivity (Wildman–Crippen MR) is 64.3 cm³/mol. The molecule has 1 aliphatic rings. The molecule has 5 heteroatoms. The summed E-state index contributed by atoms with van der Waals surface area (Å²) >= 11 is 0. The fraction of sp³-hybridized carbons (Fsp3) is 0.417. The second kappa shape index (κ2) is 4.25. The molecule has 0 fully saturated rings. The van der Waals surface area contributed by atoms with Crippen LogP contribution in [0.3, 0.4) is 0 Å². The summed E-state index contributed by atoms with van der Waals surface area (Å²) in [7, 11) is 1.75. The molecule has 2 N–H and O–H groups in total. The van der Waals surface area contributed by atoms with E-state index in [2.05, 4.69) is 10.6 Å². The summed E-state index contributed by atoms with van der Waals surface area (Å²) < 4.78 is 10.4. The van der Waals surface area contributed by atoms with Crippen LogP contribution in [0.1, 0.15) is 13.8 Å². The molecule has 0 atom stereocenters. The molecule has 0 aromatic heterocycles. The summed E-state index contributed by atoms with van der Waals surface area (Å²) in [6.07, 6.45) is 0. The zero-order valence-electron chi connectivity index (χ0n) is 10.2. The maximum absolute atomic E-state index is 11.9. The van der Waals surface area contributed by atoms with Gasteiger partial charge in [0.25, 0.3) is 0 Å². The van der Waals surface area contributed by atoms with Crippen LogP contribution in [0.5, 0.6) is 11.5 Å². The Labute approximate surface area is 100 Å². The fourth-order valence-corrected chi connectivity index (χ4v) is 1.38. The van der Waals surface area contributed by atoms with Gasteiger partial charge in [0.2, 0.25) is 12.7 Å². The molecule has 1 aromatic rings. The van der Waals surface area contributed by atoms with E-state index in [1.807, 2.05) is 13.8 Å². The molecule has 0 aliphatic carbocycles. The minimum atomic E-state index is -0.615. The molecule has 0 bridgehead atoms. The average molecular weight is 236 g/mol. The smallest absolute Gasteiger partial charge is 0.244 e. The second-order valence-corrected chi connectivity index (χ2v) is 4.40. The molecule has 2 rings (SSSR count). The molecule has 0 unspecified atom stereocenters. The molecular weight excluding hydrogens is 220 g/mol. The van der Waals surface area contributed by atoms with Gasteiger partial charge in [0.05, 0.1) is 5.54 Å². The number of ether oxygens (including phenoxy) is 2. The van der Waals surface area contributed by atoms with Gasteiger partial charge in [-0.25, -0.2) is 0 Å². The summed E-state index contributed by atoms with van der Waals surface area (Å²) in [6, 6.07) is 5.33. The van der Waals surface area contributed by atoms with Crippen molar-refractivity contribution in [2.24, 2.45) is 0 Å². The van der Waals surface area contributed by atoms with E-state index >= 15 is 0 Å². The Bertz CT molecular complexity index is 443. The molecule has 1 aromatic carbocycles. The van der Waals surface area contributed by atoms with Gasteiger partial charge in [0.1, 0.15) is 0 Å². The number of amides is 1. The zero-order chi connectivity index (χ0) is 12.5. The third-order valence-electron chi connectivity index (χ3n) is 2.82. The molecule has 0 saturated heterocycles. The zero-order valence-corrected chi connectivity index (χ0v) is 10.2. The normalized spacial score (nSPS) is 13.6. The summed E-state index contributed by atoms with van der Waals surface area (Å²) in [5, 5.41) is 5.77. The first kappa shape index (κ1) is 11.7. The number of hydrogen-bond donors (Lipinski definition) is 2. The van der Waals surface area contributed by atoms with Gasteiger partial charge in [0, 0.05) is 11.8 Å². The van der Waals surface area contributed by atoms with Crippen LogP contribution in [0.15, 0.2) is 18.2 Å². The average Bonchev–Trinajstić information content (AvgIpc) is 2.76. The van der Waals surface area contributed by atoms with Gasteiger partial charge in [-0.15, -0.1) is 0 Å². The Morgan fingerprint density at radius 2 is 2.00 bits per heavy atom. The van der Waals surface area contributed by atoms with Crippen LogP contribution < -0.4 is 20.1 Å². The van der Waals surface area contributed by atoms with Crippen molar-refractivity contribution in [1.29, 1.82) is 0 Å². The van der Waals surface area contributed by atoms with E-state index in [1.165, 1.54) is 0 Å². The lowest BCUT2D eigenvalue weighted by Gasteiger charge is -2.22. The SMILES string of the molecule is CNC(C)(C)C(=O)Nc1ccc2c(c1)OCO2. The lowest BCUT2D eigenvalue weighted by Crippen LogP contribution is -2.47. The molecule has 0 saturated carbocycles. The Morgan fingerprint density at radius 1 is 1.29 bits per heavy atom. The predicted octanol–water partition coefficient (Wildman–Crippen LogP) is 1.35. The third kappa shape index (κ3) is 2.34. The minimum absolute atomic E-state index is 0.0983. The number of nitrogens with one attached hydrogen (secondary N) is 2. The maximum atomic E-state index is 11.9. The number of likely N-dealkylation sites (N-methyl/N-ethyl adjacent to an activating group) is 1. The first-order chi connectivity index (χ1) is 8.03. The van der Waals surface area contributed by atoms with E-state index in [4.69, 9.17) is 9.47 Å². The number of anilines is 1. The highest BCUT2D eigenvalue weighted by molar-refractivity contribution is 5.97. The maximum Gasteiger partial charge on any atom is 0.244 e. The number of rotatable bonds is 3. The van der Waals surface area contributed by atoms with Gasteiger partial charge < -0.3 is 20.1 Å². The largest absolute Gasteiger partial charge is 0.454 e. The van der Waals surface area contributed by atoms with Gasteiger partial charge in [0.15, 0.2) is 11.5 Å². The topological polar surface area (TPSA) is 59.6 Å².